The van der Waals surface area contributed by atoms with Gasteiger partial charge in [-0.3, -0.25) is 4.79 Å². The fourth-order valence-corrected chi connectivity index (χ4v) is 4.18. The zero-order valence-electron chi connectivity index (χ0n) is 17.7. The molecule has 2 heterocycles. The molecule has 2 aliphatic heterocycles. The lowest BCUT2D eigenvalue weighted by Crippen LogP contribution is -2.25. The highest BCUT2D eigenvalue weighted by molar-refractivity contribution is 5.73. The third-order valence-electron chi connectivity index (χ3n) is 5.89. The third kappa shape index (κ3) is 4.19. The highest BCUT2D eigenvalue weighted by atomic mass is 16.5. The number of carbonyl (C=O) groups excluding carboxylic acids is 1. The maximum atomic E-state index is 11.2. The Balaban J connectivity index is 1.38. The number of carbonyl (C=O) groups is 1. The van der Waals surface area contributed by atoms with Crippen LogP contribution in [0, 0.1) is 0 Å². The van der Waals surface area contributed by atoms with E-state index >= 15 is 0 Å². The summed E-state index contributed by atoms with van der Waals surface area (Å²) in [6, 6.07) is 14.6. The van der Waals surface area contributed by atoms with Crippen LogP contribution in [0.5, 0.6) is 11.5 Å². The van der Waals surface area contributed by atoms with Crippen molar-refractivity contribution in [3.05, 3.63) is 53.6 Å². The highest BCUT2D eigenvalue weighted by Gasteiger charge is 2.33. The maximum Gasteiger partial charge on any atom is 0.217 e. The SMILES string of the molecule is CC(=O)N[C@@H](C)c1ccc(OC2CCN(c3ccc4c(c3)C(C)(C)CO4)C2)cc1. The summed E-state index contributed by atoms with van der Waals surface area (Å²) in [7, 11) is 0. The van der Waals surface area contributed by atoms with Crippen LogP contribution < -0.4 is 19.7 Å². The third-order valence-corrected chi connectivity index (χ3v) is 5.89. The normalized spacial score (nSPS) is 20.7. The van der Waals surface area contributed by atoms with Crippen LogP contribution in [-0.2, 0) is 10.2 Å². The Morgan fingerprint density at radius 1 is 1.24 bits per heavy atom. The zero-order chi connectivity index (χ0) is 20.6. The van der Waals surface area contributed by atoms with Gasteiger partial charge in [0.2, 0.25) is 5.91 Å². The number of hydrogen-bond acceptors (Lipinski definition) is 4. The molecule has 4 rings (SSSR count). The van der Waals surface area contributed by atoms with Gasteiger partial charge in [0.25, 0.3) is 0 Å². The van der Waals surface area contributed by atoms with Gasteiger partial charge in [-0.2, -0.15) is 0 Å². The van der Waals surface area contributed by atoms with Gasteiger partial charge in [0.1, 0.15) is 17.6 Å². The molecule has 5 nitrogen and oxygen atoms in total. The van der Waals surface area contributed by atoms with Crippen molar-refractivity contribution in [1.29, 1.82) is 0 Å². The molecule has 0 aliphatic carbocycles. The summed E-state index contributed by atoms with van der Waals surface area (Å²) in [5, 5.41) is 2.90. The fraction of sp³-hybridized carbons (Fsp3) is 0.458. The largest absolute Gasteiger partial charge is 0.492 e. The van der Waals surface area contributed by atoms with Crippen LogP contribution in [0.15, 0.2) is 42.5 Å². The average Bonchev–Trinajstić information content (AvgIpc) is 3.26. The number of ether oxygens (including phenoxy) is 2. The number of benzene rings is 2. The molecule has 2 aliphatic rings. The average molecular weight is 395 g/mol. The Kier molecular flexibility index (Phi) is 5.15. The van der Waals surface area contributed by atoms with Crippen LogP contribution in [-0.4, -0.2) is 31.7 Å². The number of nitrogens with one attached hydrogen (secondary N) is 1. The molecule has 2 aromatic rings. The Morgan fingerprint density at radius 2 is 2.00 bits per heavy atom. The molecule has 1 N–H and O–H groups in total. The molecular formula is C24H30N2O3. The molecule has 29 heavy (non-hydrogen) atoms. The summed E-state index contributed by atoms with van der Waals surface area (Å²) >= 11 is 0. The first-order valence-corrected chi connectivity index (χ1v) is 10.4. The summed E-state index contributed by atoms with van der Waals surface area (Å²) in [5.74, 6) is 1.86. The standard InChI is InChI=1S/C24H30N2O3/c1-16(25-17(2)27)18-5-8-20(9-6-18)29-21-11-12-26(14-21)19-7-10-23-22(13-19)24(3,4)15-28-23/h5-10,13,16,21H,11-12,14-15H2,1-4H3,(H,25,27)/t16-,21?/m0/s1. The topological polar surface area (TPSA) is 50.8 Å². The second-order valence-electron chi connectivity index (χ2n) is 8.82. The summed E-state index contributed by atoms with van der Waals surface area (Å²) in [6.45, 7) is 10.6. The monoisotopic (exact) mass is 394 g/mol. The van der Waals surface area contributed by atoms with Crippen LogP contribution >= 0.6 is 0 Å². The maximum absolute atomic E-state index is 11.2. The van der Waals surface area contributed by atoms with Crippen molar-refractivity contribution in [3.63, 3.8) is 0 Å². The highest BCUT2D eigenvalue weighted by Crippen LogP contribution is 2.40. The molecule has 1 amide bonds. The Bertz CT molecular complexity index is 891. The van der Waals surface area contributed by atoms with E-state index in [0.29, 0.717) is 0 Å². The molecule has 2 atom stereocenters. The Morgan fingerprint density at radius 3 is 2.72 bits per heavy atom. The molecule has 154 valence electrons. The molecule has 0 radical (unpaired) electrons. The van der Waals surface area contributed by atoms with E-state index in [1.807, 2.05) is 31.2 Å². The Hall–Kier alpha value is -2.69. The van der Waals surface area contributed by atoms with E-state index < -0.39 is 0 Å². The molecule has 0 bridgehead atoms. The van der Waals surface area contributed by atoms with Crippen molar-refractivity contribution in [1.82, 2.24) is 5.32 Å². The van der Waals surface area contributed by atoms with Crippen LogP contribution in [0.3, 0.4) is 0 Å². The predicted octanol–water partition coefficient (Wildman–Crippen LogP) is 4.21. The van der Waals surface area contributed by atoms with Crippen molar-refractivity contribution >= 4 is 11.6 Å². The molecule has 1 unspecified atom stereocenters. The summed E-state index contributed by atoms with van der Waals surface area (Å²) in [6.07, 6.45) is 1.17. The number of nitrogens with zero attached hydrogens (tertiary/aromatic N) is 1. The molecule has 2 aromatic carbocycles. The summed E-state index contributed by atoms with van der Waals surface area (Å²) < 4.78 is 12.0. The Labute approximate surface area is 173 Å². The van der Waals surface area contributed by atoms with Gasteiger partial charge in [0.15, 0.2) is 0 Å². The minimum atomic E-state index is -0.0228. The first-order chi connectivity index (χ1) is 13.8. The van der Waals surface area contributed by atoms with E-state index in [1.54, 1.807) is 0 Å². The molecule has 0 aromatic heterocycles. The lowest BCUT2D eigenvalue weighted by atomic mass is 9.87. The van der Waals surface area contributed by atoms with E-state index in [9.17, 15) is 4.79 Å². The van der Waals surface area contributed by atoms with Gasteiger partial charge in [-0.05, 0) is 42.8 Å². The number of hydrogen-bond donors (Lipinski definition) is 1. The lowest BCUT2D eigenvalue weighted by molar-refractivity contribution is -0.119. The first kappa shape index (κ1) is 19.6. The van der Waals surface area contributed by atoms with Crippen molar-refractivity contribution in [2.45, 2.75) is 51.7 Å². The van der Waals surface area contributed by atoms with Gasteiger partial charge >= 0.3 is 0 Å². The number of anilines is 1. The van der Waals surface area contributed by atoms with E-state index in [-0.39, 0.29) is 23.5 Å². The quantitative estimate of drug-likeness (QED) is 0.825. The molecule has 0 spiro atoms. The predicted molar refractivity (Wildman–Crippen MR) is 115 cm³/mol. The van der Waals surface area contributed by atoms with Gasteiger partial charge in [0.05, 0.1) is 19.2 Å². The molecule has 5 heteroatoms. The smallest absolute Gasteiger partial charge is 0.217 e. The van der Waals surface area contributed by atoms with Crippen LogP contribution in [0.2, 0.25) is 0 Å². The van der Waals surface area contributed by atoms with Crippen LogP contribution in [0.25, 0.3) is 0 Å². The van der Waals surface area contributed by atoms with Crippen molar-refractivity contribution < 1.29 is 14.3 Å². The van der Waals surface area contributed by atoms with Crippen molar-refractivity contribution in [2.75, 3.05) is 24.6 Å². The van der Waals surface area contributed by atoms with E-state index in [0.717, 1.165) is 43.2 Å². The second kappa shape index (κ2) is 7.62. The number of amides is 1. The van der Waals surface area contributed by atoms with E-state index in [4.69, 9.17) is 9.47 Å². The van der Waals surface area contributed by atoms with E-state index in [2.05, 4.69) is 42.3 Å². The van der Waals surface area contributed by atoms with Crippen LogP contribution in [0.4, 0.5) is 5.69 Å². The van der Waals surface area contributed by atoms with Crippen molar-refractivity contribution in [3.8, 4) is 11.5 Å². The minimum Gasteiger partial charge on any atom is -0.492 e. The summed E-state index contributed by atoms with van der Waals surface area (Å²) in [5.41, 5.74) is 3.68. The van der Waals surface area contributed by atoms with Crippen LogP contribution in [0.1, 0.15) is 51.3 Å². The number of fused-ring (bicyclic) bond motifs is 1. The molecular weight excluding hydrogens is 364 g/mol. The second-order valence-corrected chi connectivity index (χ2v) is 8.82. The fourth-order valence-electron chi connectivity index (χ4n) is 4.18. The molecule has 1 fully saturated rings. The van der Waals surface area contributed by atoms with Gasteiger partial charge < -0.3 is 19.7 Å². The zero-order valence-corrected chi connectivity index (χ0v) is 17.7. The van der Waals surface area contributed by atoms with Gasteiger partial charge in [-0.1, -0.05) is 26.0 Å². The lowest BCUT2D eigenvalue weighted by Gasteiger charge is -2.22. The number of rotatable bonds is 5. The van der Waals surface area contributed by atoms with Gasteiger partial charge in [-0.25, -0.2) is 0 Å². The molecule has 1 saturated heterocycles. The molecule has 0 saturated carbocycles. The van der Waals surface area contributed by atoms with Crippen molar-refractivity contribution in [2.24, 2.45) is 0 Å². The van der Waals surface area contributed by atoms with Gasteiger partial charge in [0, 0.05) is 36.6 Å². The van der Waals surface area contributed by atoms with Gasteiger partial charge in [-0.15, -0.1) is 0 Å². The minimum absolute atomic E-state index is 0.00318. The van der Waals surface area contributed by atoms with E-state index in [1.165, 1.54) is 18.2 Å². The summed E-state index contributed by atoms with van der Waals surface area (Å²) in [4.78, 5) is 13.6. The first-order valence-electron chi connectivity index (χ1n) is 10.4.